The third-order valence-corrected chi connectivity index (χ3v) is 8.08. The Labute approximate surface area is 260 Å². The summed E-state index contributed by atoms with van der Waals surface area (Å²) in [5, 5.41) is 11.2. The summed E-state index contributed by atoms with van der Waals surface area (Å²) in [6.07, 6.45) is 1.57. The number of nitrogens with zero attached hydrogens (tertiary/aromatic N) is 2. The summed E-state index contributed by atoms with van der Waals surface area (Å²) in [5.74, 6) is 0.351. The summed E-state index contributed by atoms with van der Waals surface area (Å²) in [7, 11) is 0. The van der Waals surface area contributed by atoms with E-state index in [4.69, 9.17) is 27.9 Å². The molecule has 0 fully saturated rings. The molecule has 10 heteroatoms. The topological polar surface area (TPSA) is 75.6 Å². The lowest BCUT2D eigenvalue weighted by Crippen LogP contribution is -2.17. The molecule has 0 radical (unpaired) electrons. The van der Waals surface area contributed by atoms with Gasteiger partial charge in [0, 0.05) is 22.2 Å². The summed E-state index contributed by atoms with van der Waals surface area (Å²) >= 11 is 17.1. The van der Waals surface area contributed by atoms with Crippen LogP contribution in [0.15, 0.2) is 99.9 Å². The monoisotopic (exact) mass is 664 g/mol. The number of carbonyl (C=O) groups excluding carboxylic acids is 1. The van der Waals surface area contributed by atoms with Crippen molar-refractivity contribution in [3.05, 3.63) is 127 Å². The third kappa shape index (κ3) is 7.74. The predicted molar refractivity (Wildman–Crippen MR) is 172 cm³/mol. The Bertz CT molecular complexity index is 1710. The van der Waals surface area contributed by atoms with Gasteiger partial charge in [-0.15, -0.1) is 11.3 Å². The molecule has 1 heterocycles. The van der Waals surface area contributed by atoms with Crippen molar-refractivity contribution in [2.45, 2.75) is 13.5 Å². The molecule has 0 aliphatic carbocycles. The molecule has 1 amide bonds. The van der Waals surface area contributed by atoms with Crippen molar-refractivity contribution in [2.24, 2.45) is 5.10 Å². The maximum Gasteiger partial charge on any atom is 0.271 e. The van der Waals surface area contributed by atoms with E-state index in [1.807, 2.05) is 53.9 Å². The molecule has 0 saturated carbocycles. The third-order valence-electron chi connectivity index (χ3n) is 5.96. The number of hydrogen-bond donors (Lipinski definition) is 2. The summed E-state index contributed by atoms with van der Waals surface area (Å²) < 4.78 is 6.63. The van der Waals surface area contributed by atoms with Crippen LogP contribution in [0.2, 0.25) is 10.0 Å². The minimum absolute atomic E-state index is 0.312. The fourth-order valence-corrected chi connectivity index (χ4v) is 5.32. The van der Waals surface area contributed by atoms with Gasteiger partial charge in [0.2, 0.25) is 0 Å². The molecular weight excluding hydrogens is 643 g/mol. The second-order valence-electron chi connectivity index (χ2n) is 9.03. The number of hydrazone groups is 1. The van der Waals surface area contributed by atoms with Gasteiger partial charge in [0.1, 0.15) is 12.4 Å². The number of hydrogen-bond acceptors (Lipinski definition) is 6. The van der Waals surface area contributed by atoms with Crippen molar-refractivity contribution in [2.75, 3.05) is 5.32 Å². The number of nitrogens with one attached hydrogen (secondary N) is 2. The molecule has 5 rings (SSSR count). The number of aryl methyl sites for hydroxylation is 1. The van der Waals surface area contributed by atoms with Crippen LogP contribution in [0, 0.1) is 6.92 Å². The van der Waals surface area contributed by atoms with Crippen LogP contribution in [0.4, 0.5) is 10.8 Å². The fourth-order valence-electron chi connectivity index (χ4n) is 3.75. The Balaban J connectivity index is 1.14. The molecule has 6 nitrogen and oxygen atoms in total. The number of rotatable bonds is 9. The van der Waals surface area contributed by atoms with Crippen LogP contribution >= 0.6 is 50.5 Å². The van der Waals surface area contributed by atoms with E-state index in [9.17, 15) is 4.79 Å². The van der Waals surface area contributed by atoms with Crippen molar-refractivity contribution in [1.29, 1.82) is 0 Å². The van der Waals surface area contributed by atoms with Crippen LogP contribution in [0.25, 0.3) is 11.3 Å². The van der Waals surface area contributed by atoms with Crippen LogP contribution in [-0.4, -0.2) is 17.1 Å². The Morgan fingerprint density at radius 2 is 1.78 bits per heavy atom. The summed E-state index contributed by atoms with van der Waals surface area (Å²) in [6, 6.07) is 26.3. The molecule has 0 aliphatic heterocycles. The first-order valence-corrected chi connectivity index (χ1v) is 14.9. The molecule has 41 heavy (non-hydrogen) atoms. The zero-order chi connectivity index (χ0) is 28.8. The average molecular weight is 666 g/mol. The predicted octanol–water partition coefficient (Wildman–Crippen LogP) is 9.27. The second-order valence-corrected chi connectivity index (χ2v) is 11.6. The quantitative estimate of drug-likeness (QED) is 0.122. The molecular formula is C31H23BrCl2N4O2S. The highest BCUT2D eigenvalue weighted by atomic mass is 79.9. The van der Waals surface area contributed by atoms with Crippen molar-refractivity contribution < 1.29 is 9.53 Å². The van der Waals surface area contributed by atoms with E-state index in [0.717, 1.165) is 37.7 Å². The van der Waals surface area contributed by atoms with Crippen molar-refractivity contribution in [1.82, 2.24) is 10.4 Å². The Hall–Kier alpha value is -3.69. The summed E-state index contributed by atoms with van der Waals surface area (Å²) in [5.41, 5.74) is 8.70. The van der Waals surface area contributed by atoms with E-state index < -0.39 is 0 Å². The highest BCUT2D eigenvalue weighted by Gasteiger charge is 2.09. The van der Waals surface area contributed by atoms with E-state index in [2.05, 4.69) is 55.8 Å². The molecule has 0 spiro atoms. The average Bonchev–Trinajstić information content (AvgIpc) is 3.44. The van der Waals surface area contributed by atoms with E-state index in [-0.39, 0.29) is 5.91 Å². The molecule has 0 saturated heterocycles. The second kappa shape index (κ2) is 13.3. The molecule has 0 atom stereocenters. The van der Waals surface area contributed by atoms with Gasteiger partial charge in [-0.3, -0.25) is 4.79 Å². The first-order valence-electron chi connectivity index (χ1n) is 12.4. The lowest BCUT2D eigenvalue weighted by atomic mass is 10.1. The van der Waals surface area contributed by atoms with Crippen LogP contribution in [0.5, 0.6) is 5.75 Å². The largest absolute Gasteiger partial charge is 0.488 e. The van der Waals surface area contributed by atoms with Gasteiger partial charge >= 0.3 is 0 Å². The maximum absolute atomic E-state index is 12.6. The molecule has 0 aliphatic rings. The fraction of sp³-hybridized carbons (Fsp3) is 0.0645. The molecule has 0 bridgehead atoms. The number of benzene rings is 4. The minimum atomic E-state index is -0.312. The van der Waals surface area contributed by atoms with E-state index in [1.54, 1.807) is 30.5 Å². The van der Waals surface area contributed by atoms with Crippen molar-refractivity contribution in [3.8, 4) is 17.0 Å². The Morgan fingerprint density at radius 3 is 2.51 bits per heavy atom. The molecule has 206 valence electrons. The Morgan fingerprint density at radius 1 is 1.00 bits per heavy atom. The summed E-state index contributed by atoms with van der Waals surface area (Å²) in [6.45, 7) is 2.39. The summed E-state index contributed by atoms with van der Waals surface area (Å²) in [4.78, 5) is 17.3. The van der Waals surface area contributed by atoms with Crippen LogP contribution in [0.1, 0.15) is 27.0 Å². The standard InChI is InChI=1S/C31H23BrCl2N4O2S/c1-19-2-10-24(11-3-19)36-31-37-28(18-41-31)22-6-8-23(9-7-22)30(39)38-35-16-20-5-13-29(25(32)14-20)40-17-21-4-12-26(33)27(34)15-21/h2-16,18H,17H2,1H3,(H,36,37)(H,38,39)/b35-16-. The number of thiazole rings is 1. The molecule has 2 N–H and O–H groups in total. The SMILES string of the molecule is Cc1ccc(Nc2nc(-c3ccc(C(=O)N/N=C\c4ccc(OCc5ccc(Cl)c(Cl)c5)c(Br)c4)cc3)cs2)cc1. The van der Waals surface area contributed by atoms with E-state index in [1.165, 1.54) is 16.9 Å². The van der Waals surface area contributed by atoms with E-state index in [0.29, 0.717) is 28.0 Å². The number of anilines is 2. The normalized spacial score (nSPS) is 11.0. The van der Waals surface area contributed by atoms with Gasteiger partial charge in [0.05, 0.1) is 26.4 Å². The van der Waals surface area contributed by atoms with E-state index >= 15 is 0 Å². The first kappa shape index (κ1) is 28.8. The number of ether oxygens (including phenoxy) is 1. The maximum atomic E-state index is 12.6. The van der Waals surface area contributed by atoms with Crippen LogP contribution in [0.3, 0.4) is 0 Å². The van der Waals surface area contributed by atoms with Gasteiger partial charge in [-0.05, 0) is 88.6 Å². The number of halogens is 3. The smallest absolute Gasteiger partial charge is 0.271 e. The zero-order valence-electron chi connectivity index (χ0n) is 21.7. The van der Waals surface area contributed by atoms with Gasteiger partial charge in [0.25, 0.3) is 5.91 Å². The molecule has 0 unspecified atom stereocenters. The molecule has 1 aromatic heterocycles. The van der Waals surface area contributed by atoms with Crippen molar-refractivity contribution >= 4 is 73.4 Å². The van der Waals surface area contributed by atoms with Crippen molar-refractivity contribution in [3.63, 3.8) is 0 Å². The molecule has 5 aromatic rings. The van der Waals surface area contributed by atoms with Gasteiger partial charge < -0.3 is 10.1 Å². The first-order chi connectivity index (χ1) is 19.8. The minimum Gasteiger partial charge on any atom is -0.488 e. The lowest BCUT2D eigenvalue weighted by molar-refractivity contribution is 0.0955. The Kier molecular flexibility index (Phi) is 9.36. The van der Waals surface area contributed by atoms with Gasteiger partial charge in [-0.1, -0.05) is 59.1 Å². The van der Waals surface area contributed by atoms with Crippen LogP contribution < -0.4 is 15.5 Å². The number of amides is 1. The number of aromatic nitrogens is 1. The number of carbonyl (C=O) groups is 1. The van der Waals surface area contributed by atoms with Gasteiger partial charge in [-0.2, -0.15) is 5.10 Å². The van der Waals surface area contributed by atoms with Gasteiger partial charge in [0.15, 0.2) is 5.13 Å². The molecule has 4 aromatic carbocycles. The van der Waals surface area contributed by atoms with Gasteiger partial charge in [-0.25, -0.2) is 10.4 Å². The zero-order valence-corrected chi connectivity index (χ0v) is 25.6. The highest BCUT2D eigenvalue weighted by molar-refractivity contribution is 9.10. The van der Waals surface area contributed by atoms with Crippen LogP contribution in [-0.2, 0) is 6.61 Å². The lowest BCUT2D eigenvalue weighted by Gasteiger charge is -2.09. The highest BCUT2D eigenvalue weighted by Crippen LogP contribution is 2.29.